The van der Waals surface area contributed by atoms with Crippen molar-refractivity contribution in [1.29, 1.82) is 0 Å². The van der Waals surface area contributed by atoms with Crippen molar-refractivity contribution in [3.63, 3.8) is 0 Å². The Bertz CT molecular complexity index is 954. The van der Waals surface area contributed by atoms with Crippen LogP contribution in [0.25, 0.3) is 0 Å². The average Bonchev–Trinajstić information content (AvgIpc) is 3.16. The highest BCUT2D eigenvalue weighted by atomic mass is 16.6. The number of aliphatic hydroxyl groups excluding tert-OH is 1. The fraction of sp³-hybridized carbons (Fsp3) is 0.435. The van der Waals surface area contributed by atoms with Gasteiger partial charge >= 0.3 is 0 Å². The first kappa shape index (κ1) is 22.2. The lowest BCUT2D eigenvalue weighted by Gasteiger charge is -2.37. The normalized spacial score (nSPS) is 23.6. The summed E-state index contributed by atoms with van der Waals surface area (Å²) in [6.07, 6.45) is 1.18. The second-order valence-corrected chi connectivity index (χ2v) is 7.94. The maximum atomic E-state index is 12.5. The van der Waals surface area contributed by atoms with E-state index < -0.39 is 6.10 Å². The molecule has 0 aliphatic carbocycles. The molecular weight excluding hydrogens is 414 g/mol. The predicted molar refractivity (Wildman–Crippen MR) is 115 cm³/mol. The molecule has 9 nitrogen and oxygen atoms in total. The molecule has 0 spiro atoms. The molecule has 32 heavy (non-hydrogen) atoms. The standard InChI is InChI=1S/C23H27N3O6/c1-30-13-22(29)26-14-5-6-19-17(8-14)18-9-16(31-20(12-27)23(18)32-19)10-21(28)25-11-15-4-2-3-7-24-15/h2-8,16,18,20,23,27H,9-13H2,1H3,(H,25,28)(H,26,29)/t16-,18+,20+,23-/m1/s1. The molecule has 2 aromatic rings. The first-order valence-corrected chi connectivity index (χ1v) is 10.6. The number of fused-ring (bicyclic) bond motifs is 3. The first-order valence-electron chi connectivity index (χ1n) is 10.6. The van der Waals surface area contributed by atoms with Crippen LogP contribution in [0.2, 0.25) is 0 Å². The second kappa shape index (κ2) is 10.1. The molecule has 4 atom stereocenters. The van der Waals surface area contributed by atoms with Crippen LogP contribution in [-0.4, -0.2) is 60.5 Å². The van der Waals surface area contributed by atoms with Crippen molar-refractivity contribution in [2.45, 2.75) is 43.6 Å². The molecule has 0 saturated carbocycles. The molecule has 3 heterocycles. The summed E-state index contributed by atoms with van der Waals surface area (Å²) in [5, 5.41) is 15.5. The van der Waals surface area contributed by atoms with Crippen LogP contribution in [-0.2, 0) is 25.6 Å². The van der Waals surface area contributed by atoms with Crippen molar-refractivity contribution in [2.75, 3.05) is 25.6 Å². The van der Waals surface area contributed by atoms with Crippen LogP contribution in [0.15, 0.2) is 42.6 Å². The highest BCUT2D eigenvalue weighted by Gasteiger charge is 2.46. The number of carbonyl (C=O) groups excluding carboxylic acids is 2. The van der Waals surface area contributed by atoms with Gasteiger partial charge in [0.05, 0.1) is 31.4 Å². The van der Waals surface area contributed by atoms with Crippen LogP contribution in [0.5, 0.6) is 5.75 Å². The van der Waals surface area contributed by atoms with E-state index in [9.17, 15) is 14.7 Å². The van der Waals surface area contributed by atoms with Gasteiger partial charge in [0.15, 0.2) is 0 Å². The molecule has 1 aromatic heterocycles. The van der Waals surface area contributed by atoms with Gasteiger partial charge in [-0.2, -0.15) is 0 Å². The second-order valence-electron chi connectivity index (χ2n) is 7.94. The maximum Gasteiger partial charge on any atom is 0.250 e. The van der Waals surface area contributed by atoms with Gasteiger partial charge in [0.2, 0.25) is 11.8 Å². The number of aromatic nitrogens is 1. The Morgan fingerprint density at radius 1 is 1.25 bits per heavy atom. The molecule has 2 aliphatic heterocycles. The SMILES string of the molecule is COCC(=O)Nc1ccc2c(c1)[C@@H]1C[C@H](CC(=O)NCc3ccccn3)O[C@@H](CO)[C@@H]1O2. The maximum absolute atomic E-state index is 12.5. The third-order valence-corrected chi connectivity index (χ3v) is 5.66. The lowest BCUT2D eigenvalue weighted by Crippen LogP contribution is -2.47. The smallest absolute Gasteiger partial charge is 0.250 e. The number of aliphatic hydroxyl groups is 1. The Morgan fingerprint density at radius 3 is 2.88 bits per heavy atom. The van der Waals surface area contributed by atoms with Crippen molar-refractivity contribution in [1.82, 2.24) is 10.3 Å². The Balaban J connectivity index is 1.42. The molecule has 170 valence electrons. The predicted octanol–water partition coefficient (Wildman–Crippen LogP) is 1.37. The Morgan fingerprint density at radius 2 is 2.12 bits per heavy atom. The van der Waals surface area contributed by atoms with Gasteiger partial charge in [-0.15, -0.1) is 0 Å². The lowest BCUT2D eigenvalue weighted by molar-refractivity contribution is -0.142. The van der Waals surface area contributed by atoms with E-state index in [4.69, 9.17) is 14.2 Å². The third kappa shape index (κ3) is 5.07. The number of hydrogen-bond donors (Lipinski definition) is 3. The van der Waals surface area contributed by atoms with Gasteiger partial charge in [0.1, 0.15) is 24.6 Å². The van der Waals surface area contributed by atoms with Crippen molar-refractivity contribution >= 4 is 17.5 Å². The van der Waals surface area contributed by atoms with Crippen LogP contribution in [0, 0.1) is 0 Å². The summed E-state index contributed by atoms with van der Waals surface area (Å²) in [7, 11) is 1.46. The molecule has 9 heteroatoms. The minimum absolute atomic E-state index is 0.0320. The molecule has 1 aromatic carbocycles. The first-order chi connectivity index (χ1) is 15.6. The van der Waals surface area contributed by atoms with E-state index in [1.807, 2.05) is 24.3 Å². The summed E-state index contributed by atoms with van der Waals surface area (Å²) in [6, 6.07) is 11.0. The van der Waals surface area contributed by atoms with Crippen molar-refractivity contribution in [2.24, 2.45) is 0 Å². The number of amides is 2. The number of carbonyl (C=O) groups is 2. The lowest BCUT2D eigenvalue weighted by atomic mass is 9.84. The van der Waals surface area contributed by atoms with E-state index in [2.05, 4.69) is 15.6 Å². The van der Waals surface area contributed by atoms with Gasteiger partial charge in [-0.3, -0.25) is 14.6 Å². The van der Waals surface area contributed by atoms with Crippen molar-refractivity contribution < 1.29 is 28.9 Å². The molecule has 0 radical (unpaired) electrons. The minimum Gasteiger partial charge on any atom is -0.487 e. The molecule has 4 rings (SSSR count). The van der Waals surface area contributed by atoms with E-state index in [1.54, 1.807) is 18.3 Å². The number of nitrogens with zero attached hydrogens (tertiary/aromatic N) is 1. The zero-order chi connectivity index (χ0) is 22.5. The zero-order valence-corrected chi connectivity index (χ0v) is 17.8. The minimum atomic E-state index is -0.540. The van der Waals surface area contributed by atoms with Gasteiger partial charge in [0.25, 0.3) is 0 Å². The van der Waals surface area contributed by atoms with Crippen LogP contribution in [0.3, 0.4) is 0 Å². The van der Waals surface area contributed by atoms with Crippen LogP contribution < -0.4 is 15.4 Å². The van der Waals surface area contributed by atoms with Gasteiger partial charge < -0.3 is 30.0 Å². The van der Waals surface area contributed by atoms with E-state index in [-0.39, 0.29) is 49.6 Å². The summed E-state index contributed by atoms with van der Waals surface area (Å²) >= 11 is 0. The number of anilines is 1. The van der Waals surface area contributed by atoms with Crippen LogP contribution in [0.4, 0.5) is 5.69 Å². The van der Waals surface area contributed by atoms with E-state index >= 15 is 0 Å². The van der Waals surface area contributed by atoms with Crippen molar-refractivity contribution in [3.8, 4) is 5.75 Å². The van der Waals surface area contributed by atoms with Gasteiger partial charge in [-0.05, 0) is 36.8 Å². The van der Waals surface area contributed by atoms with Crippen LogP contribution in [0.1, 0.15) is 30.0 Å². The monoisotopic (exact) mass is 441 g/mol. The molecule has 3 N–H and O–H groups in total. The Hall–Kier alpha value is -3.01. The number of pyridine rings is 1. The third-order valence-electron chi connectivity index (χ3n) is 5.66. The highest BCUT2D eigenvalue weighted by molar-refractivity contribution is 5.92. The molecule has 1 fully saturated rings. The number of ether oxygens (including phenoxy) is 3. The number of nitrogens with one attached hydrogen (secondary N) is 2. The number of hydrogen-bond acceptors (Lipinski definition) is 7. The van der Waals surface area contributed by atoms with E-state index in [1.165, 1.54) is 7.11 Å². The molecule has 1 saturated heterocycles. The summed E-state index contributed by atoms with van der Waals surface area (Å²) in [4.78, 5) is 28.5. The molecular formula is C23H27N3O6. The quantitative estimate of drug-likeness (QED) is 0.566. The fourth-order valence-electron chi connectivity index (χ4n) is 4.27. The van der Waals surface area contributed by atoms with Crippen molar-refractivity contribution in [3.05, 3.63) is 53.9 Å². The summed E-state index contributed by atoms with van der Waals surface area (Å²) < 4.78 is 16.9. The fourth-order valence-corrected chi connectivity index (χ4v) is 4.27. The molecule has 0 bridgehead atoms. The van der Waals surface area contributed by atoms with E-state index in [0.29, 0.717) is 24.4 Å². The molecule has 2 amide bonds. The summed E-state index contributed by atoms with van der Waals surface area (Å²) in [6.45, 7) is 0.104. The van der Waals surface area contributed by atoms with Crippen LogP contribution >= 0.6 is 0 Å². The summed E-state index contributed by atoms with van der Waals surface area (Å²) in [5.74, 6) is 0.261. The molecule has 0 unspecified atom stereocenters. The Labute approximate surface area is 186 Å². The topological polar surface area (TPSA) is 119 Å². The average molecular weight is 441 g/mol. The largest absolute Gasteiger partial charge is 0.487 e. The number of methoxy groups -OCH3 is 1. The van der Waals surface area contributed by atoms with Gasteiger partial charge in [0, 0.05) is 30.5 Å². The van der Waals surface area contributed by atoms with Gasteiger partial charge in [-0.25, -0.2) is 0 Å². The zero-order valence-electron chi connectivity index (χ0n) is 17.8. The highest BCUT2D eigenvalue weighted by Crippen LogP contribution is 2.47. The van der Waals surface area contributed by atoms with Gasteiger partial charge in [-0.1, -0.05) is 6.07 Å². The number of benzene rings is 1. The van der Waals surface area contributed by atoms with E-state index in [0.717, 1.165) is 11.3 Å². The number of rotatable bonds is 8. The summed E-state index contributed by atoms with van der Waals surface area (Å²) in [5.41, 5.74) is 2.36. The Kier molecular flexibility index (Phi) is 6.99. The molecule has 2 aliphatic rings.